The molecule has 2 saturated heterocycles. The third-order valence-electron chi connectivity index (χ3n) is 8.28. The van der Waals surface area contributed by atoms with Gasteiger partial charge in [0.2, 0.25) is 5.95 Å². The first kappa shape index (κ1) is 28.4. The molecular weight excluding hydrogens is 533 g/mol. The second-order valence-electron chi connectivity index (χ2n) is 11.5. The van der Waals surface area contributed by atoms with Crippen LogP contribution in [0.2, 0.25) is 0 Å². The molecule has 0 amide bonds. The van der Waals surface area contributed by atoms with Crippen molar-refractivity contribution in [2.75, 3.05) is 46.3 Å². The van der Waals surface area contributed by atoms with Gasteiger partial charge < -0.3 is 20.2 Å². The van der Waals surface area contributed by atoms with Crippen LogP contribution in [0.15, 0.2) is 30.7 Å². The van der Waals surface area contributed by atoms with Gasteiger partial charge in [-0.3, -0.25) is 4.98 Å². The summed E-state index contributed by atoms with van der Waals surface area (Å²) in [5.41, 5.74) is 0.548. The summed E-state index contributed by atoms with van der Waals surface area (Å²) in [6.45, 7) is 10.6. The standard InChI is InChI=1S/C28H38FN7O3S/c1-6-40(38,39)16-19-14-36(18(19)4)22-13-32-26(17(2)3)20-11-25(31-12-21(20)22)33-24-7-9-30-27(34-24)35-10-8-28(5,37)23(29)15-35/h7,9,11-13,17-19,23,37H,6,8,10,14-16H2,1-5H3,(H,30,31,33,34)/t18-,19-,23-,28+/m1/s1. The lowest BCUT2D eigenvalue weighted by Crippen LogP contribution is -2.57. The fourth-order valence-corrected chi connectivity index (χ4v) is 6.69. The van der Waals surface area contributed by atoms with Gasteiger partial charge in [0.15, 0.2) is 0 Å². The Labute approximate surface area is 235 Å². The number of fused-ring (bicyclic) bond motifs is 1. The number of piperidine rings is 1. The lowest BCUT2D eigenvalue weighted by molar-refractivity contribution is -0.0332. The Bertz CT molecular complexity index is 1500. The van der Waals surface area contributed by atoms with Crippen LogP contribution < -0.4 is 15.1 Å². The first-order valence-corrected chi connectivity index (χ1v) is 15.7. The summed E-state index contributed by atoms with van der Waals surface area (Å²) in [6, 6.07) is 3.77. The summed E-state index contributed by atoms with van der Waals surface area (Å²) in [5, 5.41) is 15.3. The fourth-order valence-electron chi connectivity index (χ4n) is 5.42. The minimum absolute atomic E-state index is 0.0248. The molecule has 4 atom stereocenters. The van der Waals surface area contributed by atoms with Crippen LogP contribution >= 0.6 is 0 Å². The molecule has 0 unspecified atom stereocenters. The first-order valence-electron chi connectivity index (χ1n) is 13.9. The molecule has 0 bridgehead atoms. The molecule has 0 radical (unpaired) electrons. The van der Waals surface area contributed by atoms with Gasteiger partial charge in [-0.2, -0.15) is 4.98 Å². The van der Waals surface area contributed by atoms with Crippen molar-refractivity contribution in [2.45, 2.75) is 64.8 Å². The van der Waals surface area contributed by atoms with Crippen LogP contribution in [0.5, 0.6) is 0 Å². The van der Waals surface area contributed by atoms with E-state index in [2.05, 4.69) is 45.9 Å². The molecule has 3 aromatic rings. The van der Waals surface area contributed by atoms with E-state index in [9.17, 15) is 17.9 Å². The van der Waals surface area contributed by atoms with Crippen LogP contribution in [0.25, 0.3) is 10.8 Å². The van der Waals surface area contributed by atoms with Gasteiger partial charge in [-0.25, -0.2) is 22.8 Å². The highest BCUT2D eigenvalue weighted by Crippen LogP contribution is 2.38. The van der Waals surface area contributed by atoms with Crippen LogP contribution in [0.1, 0.15) is 52.7 Å². The van der Waals surface area contributed by atoms with Gasteiger partial charge >= 0.3 is 0 Å². The smallest absolute Gasteiger partial charge is 0.227 e. The molecule has 40 heavy (non-hydrogen) atoms. The predicted octanol–water partition coefficient (Wildman–Crippen LogP) is 3.85. The molecule has 10 nitrogen and oxygen atoms in total. The summed E-state index contributed by atoms with van der Waals surface area (Å²) in [5.74, 6) is 2.13. The minimum Gasteiger partial charge on any atom is -0.387 e. The SMILES string of the molecule is CCS(=O)(=O)C[C@H]1CN(c2cnc(C(C)C)c3cc(Nc4ccnc(N5CC[C@](C)(O)[C@H](F)C5)n4)ncc23)[C@@H]1C. The van der Waals surface area contributed by atoms with Gasteiger partial charge in [-0.1, -0.05) is 20.8 Å². The van der Waals surface area contributed by atoms with Crippen molar-refractivity contribution in [3.05, 3.63) is 36.4 Å². The van der Waals surface area contributed by atoms with Gasteiger partial charge in [0.1, 0.15) is 27.6 Å². The molecule has 3 aromatic heterocycles. The predicted molar refractivity (Wildman–Crippen MR) is 156 cm³/mol. The zero-order valence-corrected chi connectivity index (χ0v) is 24.5. The second kappa shape index (κ2) is 10.7. The molecule has 5 rings (SSSR count). The van der Waals surface area contributed by atoms with Crippen molar-refractivity contribution in [3.63, 3.8) is 0 Å². The molecule has 5 heterocycles. The molecular formula is C28H38FN7O3S. The number of alkyl halides is 1. The van der Waals surface area contributed by atoms with E-state index in [1.54, 1.807) is 24.1 Å². The first-order chi connectivity index (χ1) is 18.9. The van der Waals surface area contributed by atoms with Crippen molar-refractivity contribution in [3.8, 4) is 0 Å². The summed E-state index contributed by atoms with van der Waals surface area (Å²) >= 11 is 0. The number of nitrogens with one attached hydrogen (secondary N) is 1. The third kappa shape index (κ3) is 5.56. The molecule has 12 heteroatoms. The van der Waals surface area contributed by atoms with Gasteiger partial charge in [-0.05, 0) is 38.3 Å². The van der Waals surface area contributed by atoms with Crippen molar-refractivity contribution < 1.29 is 17.9 Å². The van der Waals surface area contributed by atoms with Crippen LogP contribution in [0, 0.1) is 5.92 Å². The fraction of sp³-hybridized carbons (Fsp3) is 0.571. The largest absolute Gasteiger partial charge is 0.387 e. The number of sulfone groups is 1. The molecule has 2 fully saturated rings. The average molecular weight is 572 g/mol. The molecule has 0 spiro atoms. The van der Waals surface area contributed by atoms with Gasteiger partial charge in [0, 0.05) is 54.0 Å². The Hall–Kier alpha value is -3.12. The van der Waals surface area contributed by atoms with Crippen LogP contribution in [-0.4, -0.2) is 82.4 Å². The molecule has 2 aliphatic heterocycles. The van der Waals surface area contributed by atoms with Gasteiger partial charge in [-0.15, -0.1) is 0 Å². The second-order valence-corrected chi connectivity index (χ2v) is 13.9. The number of pyridine rings is 2. The van der Waals surface area contributed by atoms with Gasteiger partial charge in [0.05, 0.1) is 35.5 Å². The highest BCUT2D eigenvalue weighted by Gasteiger charge is 2.40. The summed E-state index contributed by atoms with van der Waals surface area (Å²) < 4.78 is 38.8. The Balaban J connectivity index is 1.40. The lowest BCUT2D eigenvalue weighted by Gasteiger charge is -2.48. The molecule has 0 aromatic carbocycles. The zero-order valence-electron chi connectivity index (χ0n) is 23.7. The third-order valence-corrected chi connectivity index (χ3v) is 10.1. The maximum Gasteiger partial charge on any atom is 0.227 e. The van der Waals surface area contributed by atoms with E-state index >= 15 is 0 Å². The molecule has 2 aliphatic rings. The maximum atomic E-state index is 14.4. The maximum absolute atomic E-state index is 14.4. The highest BCUT2D eigenvalue weighted by molar-refractivity contribution is 7.91. The van der Waals surface area contributed by atoms with Gasteiger partial charge in [0.25, 0.3) is 0 Å². The van der Waals surface area contributed by atoms with Crippen molar-refractivity contribution >= 4 is 43.9 Å². The van der Waals surface area contributed by atoms with E-state index in [0.717, 1.165) is 22.2 Å². The monoisotopic (exact) mass is 571 g/mol. The van der Waals surface area contributed by atoms with E-state index in [1.165, 1.54) is 6.92 Å². The molecule has 0 saturated carbocycles. The summed E-state index contributed by atoms with van der Waals surface area (Å²) in [7, 11) is -3.04. The number of rotatable bonds is 8. The van der Waals surface area contributed by atoms with E-state index < -0.39 is 21.6 Å². The summed E-state index contributed by atoms with van der Waals surface area (Å²) in [4.78, 5) is 22.3. The van der Waals surface area contributed by atoms with E-state index in [4.69, 9.17) is 4.98 Å². The number of anilines is 4. The van der Waals surface area contributed by atoms with Crippen molar-refractivity contribution in [2.24, 2.45) is 5.92 Å². The lowest BCUT2D eigenvalue weighted by atomic mass is 9.90. The van der Waals surface area contributed by atoms with Crippen molar-refractivity contribution in [1.82, 2.24) is 19.9 Å². The quantitative estimate of drug-likeness (QED) is 0.412. The van der Waals surface area contributed by atoms with E-state index in [-0.39, 0.29) is 35.9 Å². The van der Waals surface area contributed by atoms with E-state index in [0.29, 0.717) is 37.1 Å². The summed E-state index contributed by atoms with van der Waals surface area (Å²) in [6.07, 6.45) is 4.22. The number of nitrogens with zero attached hydrogens (tertiary/aromatic N) is 6. The Morgan fingerprint density at radius 1 is 1.18 bits per heavy atom. The Kier molecular flexibility index (Phi) is 7.60. The highest BCUT2D eigenvalue weighted by atomic mass is 32.2. The number of hydrogen-bond acceptors (Lipinski definition) is 10. The number of halogens is 1. The average Bonchev–Trinajstić information content (AvgIpc) is 2.91. The Morgan fingerprint density at radius 2 is 1.95 bits per heavy atom. The number of hydrogen-bond donors (Lipinski definition) is 2. The molecule has 2 N–H and O–H groups in total. The molecule has 216 valence electrons. The van der Waals surface area contributed by atoms with Crippen LogP contribution in [0.4, 0.5) is 27.7 Å². The van der Waals surface area contributed by atoms with Crippen LogP contribution in [-0.2, 0) is 9.84 Å². The number of aromatic nitrogens is 4. The topological polar surface area (TPSA) is 124 Å². The van der Waals surface area contributed by atoms with Crippen LogP contribution in [0.3, 0.4) is 0 Å². The zero-order chi connectivity index (χ0) is 28.8. The molecule has 0 aliphatic carbocycles. The number of aliphatic hydroxyl groups is 1. The Morgan fingerprint density at radius 3 is 2.62 bits per heavy atom. The van der Waals surface area contributed by atoms with Crippen molar-refractivity contribution in [1.29, 1.82) is 0 Å². The van der Waals surface area contributed by atoms with E-state index in [1.807, 2.05) is 18.5 Å². The normalized spacial score (nSPS) is 25.4. The minimum atomic E-state index is -3.04.